The quantitative estimate of drug-likeness (QED) is 0.738. The molecule has 2 nitrogen and oxygen atoms in total. The van der Waals surface area contributed by atoms with Gasteiger partial charge in [-0.15, -0.1) is 0 Å². The summed E-state index contributed by atoms with van der Waals surface area (Å²) in [5, 5.41) is 10.1. The minimum absolute atomic E-state index is 0.223. The van der Waals surface area contributed by atoms with Crippen molar-refractivity contribution in [3.63, 3.8) is 0 Å². The Labute approximate surface area is 82.8 Å². The van der Waals surface area contributed by atoms with Gasteiger partial charge in [0.15, 0.2) is 0 Å². The van der Waals surface area contributed by atoms with Crippen molar-refractivity contribution in [3.05, 3.63) is 28.5 Å². The van der Waals surface area contributed by atoms with Crippen molar-refractivity contribution in [3.8, 4) is 0 Å². The number of aliphatic hydroxyl groups is 1. The van der Waals surface area contributed by atoms with E-state index >= 15 is 0 Å². The predicted octanol–water partition coefficient (Wildman–Crippen LogP) is 2.07. The molecule has 1 aromatic rings. The van der Waals surface area contributed by atoms with Crippen molar-refractivity contribution in [2.75, 3.05) is 0 Å². The average molecular weight is 222 g/mol. The summed E-state index contributed by atoms with van der Waals surface area (Å²) in [6.45, 7) is -6.14. The largest absolute Gasteiger partial charge is 0.386 e. The maximum Gasteiger partial charge on any atom is 0.106 e. The Bertz CT molecular complexity index is 401. The number of hydrogen-bond donors (Lipinski definition) is 1. The number of halogens is 1. The van der Waals surface area contributed by atoms with Gasteiger partial charge in [0.2, 0.25) is 0 Å². The zero-order valence-corrected chi connectivity index (χ0v) is 7.09. The molecule has 0 radical (unpaired) electrons. The lowest BCUT2D eigenvalue weighted by atomic mass is 10.0. The number of rotatable bonds is 1. The second-order valence-corrected chi connectivity index (χ2v) is 2.89. The zero-order valence-electron chi connectivity index (χ0n) is 11.5. The molecule has 3 heteroatoms. The van der Waals surface area contributed by atoms with E-state index in [4.69, 9.17) is 8.22 Å². The Morgan fingerprint density at radius 1 is 1.73 bits per heavy atom. The third-order valence-corrected chi connectivity index (χ3v) is 1.58. The molecule has 0 atom stereocenters. The highest BCUT2D eigenvalue weighted by Crippen LogP contribution is 2.20. The Balaban J connectivity index is 3.46. The van der Waals surface area contributed by atoms with Crippen molar-refractivity contribution in [1.29, 1.82) is 0 Å². The number of pyridine rings is 1. The van der Waals surface area contributed by atoms with Gasteiger partial charge in [0, 0.05) is 14.4 Å². The first kappa shape index (κ1) is 3.54. The van der Waals surface area contributed by atoms with Crippen LogP contribution in [0.5, 0.6) is 0 Å². The molecule has 1 heterocycles. The fraction of sp³-hybridized carbons (Fsp3) is 0.375. The smallest absolute Gasteiger partial charge is 0.106 e. The fourth-order valence-corrected chi connectivity index (χ4v) is 0.992. The first-order chi connectivity index (χ1) is 7.50. The third-order valence-electron chi connectivity index (χ3n) is 1.14. The Hall–Kier alpha value is -0.410. The third kappa shape index (κ3) is 2.27. The molecule has 0 fully saturated rings. The lowest BCUT2D eigenvalue weighted by Crippen LogP contribution is -2.15. The molecule has 60 valence electrons. The first-order valence-electron chi connectivity index (χ1n) is 5.84. The summed E-state index contributed by atoms with van der Waals surface area (Å²) in [6.07, 6.45) is 1.22. The topological polar surface area (TPSA) is 33.1 Å². The fourth-order valence-electron chi connectivity index (χ4n) is 0.628. The Morgan fingerprint density at radius 3 is 3.00 bits per heavy atom. The van der Waals surface area contributed by atoms with Gasteiger partial charge < -0.3 is 5.11 Å². The van der Waals surface area contributed by atoms with Crippen LogP contribution in [0.2, 0.25) is 0 Å². The molecule has 0 aliphatic carbocycles. The summed E-state index contributed by atoms with van der Waals surface area (Å²) < 4.78 is 43.7. The van der Waals surface area contributed by atoms with Crippen LogP contribution in [0, 0.1) is 0 Å². The summed E-state index contributed by atoms with van der Waals surface area (Å²) in [5.41, 5.74) is -3.13. The van der Waals surface area contributed by atoms with Gasteiger partial charge in [0.1, 0.15) is 4.60 Å². The zero-order chi connectivity index (χ0) is 13.5. The van der Waals surface area contributed by atoms with E-state index in [-0.39, 0.29) is 10.2 Å². The van der Waals surface area contributed by atoms with Gasteiger partial charge >= 0.3 is 0 Å². The van der Waals surface area contributed by atoms with E-state index in [1.165, 1.54) is 18.3 Å². The number of nitrogens with zero attached hydrogens (tertiary/aromatic N) is 1. The van der Waals surface area contributed by atoms with Gasteiger partial charge in [-0.3, -0.25) is 0 Å². The van der Waals surface area contributed by atoms with Crippen molar-refractivity contribution < 1.29 is 13.3 Å². The van der Waals surface area contributed by atoms with Gasteiger partial charge in [-0.2, -0.15) is 0 Å². The molecule has 1 aromatic heterocycles. The molecule has 0 saturated carbocycles. The minimum atomic E-state index is -3.07. The van der Waals surface area contributed by atoms with Crippen LogP contribution in [0.15, 0.2) is 22.9 Å². The van der Waals surface area contributed by atoms with Crippen LogP contribution in [0.25, 0.3) is 0 Å². The van der Waals surface area contributed by atoms with Crippen LogP contribution in [-0.2, 0) is 5.60 Å². The maximum atomic E-state index is 10.1. The van der Waals surface area contributed by atoms with Crippen molar-refractivity contribution >= 4 is 15.9 Å². The average Bonchev–Trinajstić information content (AvgIpc) is 2.12. The second kappa shape index (κ2) is 2.91. The molecule has 0 bridgehead atoms. The predicted molar refractivity (Wildman–Crippen MR) is 47.2 cm³/mol. The van der Waals surface area contributed by atoms with Gasteiger partial charge in [-0.25, -0.2) is 4.98 Å². The van der Waals surface area contributed by atoms with Gasteiger partial charge in [-0.05, 0) is 47.3 Å². The summed E-state index contributed by atoms with van der Waals surface area (Å²) in [6, 6.07) is 2.35. The van der Waals surface area contributed by atoms with Crippen LogP contribution in [0.3, 0.4) is 0 Å². The van der Waals surface area contributed by atoms with Gasteiger partial charge in [0.25, 0.3) is 0 Å². The highest BCUT2D eigenvalue weighted by atomic mass is 79.9. The van der Waals surface area contributed by atoms with E-state index < -0.39 is 19.3 Å². The van der Waals surface area contributed by atoms with Gasteiger partial charge in [-0.1, -0.05) is 0 Å². The maximum absolute atomic E-state index is 10.1. The second-order valence-electron chi connectivity index (χ2n) is 2.08. The van der Waals surface area contributed by atoms with Crippen molar-refractivity contribution in [1.82, 2.24) is 4.98 Å². The summed E-state index contributed by atoms with van der Waals surface area (Å²) in [7, 11) is 0. The summed E-state index contributed by atoms with van der Waals surface area (Å²) >= 11 is 3.00. The summed E-state index contributed by atoms with van der Waals surface area (Å²) in [4.78, 5) is 3.76. The Kier molecular flexibility index (Phi) is 0.937. The summed E-state index contributed by atoms with van der Waals surface area (Å²) in [5.74, 6) is 0. The standard InChI is InChI=1S/C8H10BrNO/c1-8(2,11)6-3-4-10-7(9)5-6/h3-5,11H,1-2H3/i1D3,2D3. The molecular formula is C8H10BrNO. The van der Waals surface area contributed by atoms with Crippen molar-refractivity contribution in [2.45, 2.75) is 19.3 Å². The molecule has 0 aliphatic rings. The van der Waals surface area contributed by atoms with Crippen LogP contribution in [0.4, 0.5) is 0 Å². The normalized spacial score (nSPS) is 22.0. The van der Waals surface area contributed by atoms with Crippen LogP contribution >= 0.6 is 15.9 Å². The SMILES string of the molecule is [2H]C([2H])([2H])C(O)(c1ccnc(Br)c1)C([2H])([2H])[2H]. The van der Waals surface area contributed by atoms with E-state index in [1.54, 1.807) is 0 Å². The molecule has 0 saturated heterocycles. The molecule has 0 aliphatic heterocycles. The lowest BCUT2D eigenvalue weighted by Gasteiger charge is -2.17. The molecule has 0 unspecified atom stereocenters. The lowest BCUT2D eigenvalue weighted by molar-refractivity contribution is 0.0784. The Morgan fingerprint density at radius 2 is 2.45 bits per heavy atom. The minimum Gasteiger partial charge on any atom is -0.386 e. The monoisotopic (exact) mass is 221 g/mol. The van der Waals surface area contributed by atoms with E-state index in [0.29, 0.717) is 0 Å². The van der Waals surface area contributed by atoms with E-state index in [1.807, 2.05) is 0 Å². The molecule has 11 heavy (non-hydrogen) atoms. The number of hydrogen-bond acceptors (Lipinski definition) is 2. The highest BCUT2D eigenvalue weighted by molar-refractivity contribution is 9.10. The highest BCUT2D eigenvalue weighted by Gasteiger charge is 2.15. The van der Waals surface area contributed by atoms with Gasteiger partial charge in [0.05, 0.1) is 5.60 Å². The number of aromatic nitrogens is 1. The van der Waals surface area contributed by atoms with Crippen LogP contribution < -0.4 is 0 Å². The molecule has 0 spiro atoms. The molecule has 1 N–H and O–H groups in total. The first-order valence-corrected chi connectivity index (χ1v) is 3.64. The van der Waals surface area contributed by atoms with Crippen molar-refractivity contribution in [2.24, 2.45) is 0 Å². The van der Waals surface area contributed by atoms with E-state index in [9.17, 15) is 5.11 Å². The molecule has 1 rings (SSSR count). The molecule has 0 amide bonds. The van der Waals surface area contributed by atoms with E-state index in [2.05, 4.69) is 20.9 Å². The van der Waals surface area contributed by atoms with Crippen LogP contribution in [0.1, 0.15) is 27.5 Å². The van der Waals surface area contributed by atoms with E-state index in [0.717, 1.165) is 0 Å². The molecule has 0 aromatic carbocycles. The van der Waals surface area contributed by atoms with Crippen LogP contribution in [-0.4, -0.2) is 10.1 Å². The molecular weight excluding hydrogens is 206 g/mol.